The van der Waals surface area contributed by atoms with Gasteiger partial charge in [-0.2, -0.15) is 0 Å². The molecule has 450 valence electrons. The van der Waals surface area contributed by atoms with Crippen LogP contribution in [0.15, 0.2) is 5.16 Å². The van der Waals surface area contributed by atoms with Crippen molar-refractivity contribution in [1.82, 2.24) is 4.90 Å². The molecular weight excluding hydrogens is 1010 g/mol. The fourth-order valence-electron chi connectivity index (χ4n) is 12.0. The molecule has 5 fully saturated rings. The molecule has 5 aliphatic heterocycles. The summed E-state index contributed by atoms with van der Waals surface area (Å²) in [5, 5.41) is 26.6. The maximum absolute atomic E-state index is 15.6. The average molecular weight is 1110 g/mol. The Bertz CT molecular complexity index is 1910. The lowest BCUT2D eigenvalue weighted by Crippen LogP contribution is -2.54. The second-order valence-corrected chi connectivity index (χ2v) is 24.2. The SMILES string of the molecule is CO/N=C1\C[C@@H](C)O[C@@H](O[C@@H]2[C@@H](C)[C@H](O[C@H]3C[C@@H](C)N(C)C[C@H](C)O3)C(C)C(=O)O[C@H](C(C)CO[C@H]3C[C@H](OC)[C@H](O)[C@@H](C)O3)[C@H](C)[C@@H](OC(=O)CC(C)C)[C@@H](C)C(=O)[C@@H](OC(=O)CCC3CCO[C@H](C)CC3)C[C@@H]2C)[C@@H]1O. The van der Waals surface area contributed by atoms with Crippen LogP contribution >= 0.6 is 0 Å². The molecule has 5 rings (SSSR count). The summed E-state index contributed by atoms with van der Waals surface area (Å²) in [7, 11) is 4.93. The van der Waals surface area contributed by atoms with E-state index >= 15 is 9.59 Å². The molecule has 2 N–H and O–H groups in total. The van der Waals surface area contributed by atoms with Crippen molar-refractivity contribution in [3.8, 4) is 0 Å². The van der Waals surface area contributed by atoms with Crippen LogP contribution in [0.3, 0.4) is 0 Å². The number of methoxy groups -OCH3 is 1. The van der Waals surface area contributed by atoms with Gasteiger partial charge < -0.3 is 72.1 Å². The van der Waals surface area contributed by atoms with E-state index in [0.29, 0.717) is 31.7 Å². The summed E-state index contributed by atoms with van der Waals surface area (Å²) >= 11 is 0. The lowest BCUT2D eigenvalue weighted by atomic mass is 9.78. The molecule has 0 aliphatic carbocycles. The Balaban J connectivity index is 1.65. The van der Waals surface area contributed by atoms with E-state index in [2.05, 4.69) is 23.9 Å². The van der Waals surface area contributed by atoms with Crippen molar-refractivity contribution >= 4 is 29.4 Å². The van der Waals surface area contributed by atoms with Gasteiger partial charge >= 0.3 is 17.9 Å². The highest BCUT2D eigenvalue weighted by molar-refractivity contribution is 5.89. The first kappa shape index (κ1) is 65.9. The Kier molecular flexibility index (Phi) is 26.2. The zero-order valence-electron chi connectivity index (χ0n) is 49.9. The van der Waals surface area contributed by atoms with Crippen molar-refractivity contribution in [3.63, 3.8) is 0 Å². The quantitative estimate of drug-likeness (QED) is 0.0866. The first-order valence-electron chi connectivity index (χ1n) is 29.1. The van der Waals surface area contributed by atoms with Gasteiger partial charge in [0.15, 0.2) is 30.8 Å². The Morgan fingerprint density at radius 3 is 2.17 bits per heavy atom. The number of likely N-dealkylation sites (N-methyl/N-ethyl adjacent to an activating group) is 1. The van der Waals surface area contributed by atoms with Gasteiger partial charge in [0.25, 0.3) is 0 Å². The number of carbonyl (C=O) groups excluding carboxylic acids is 4. The topological polar surface area (TPSA) is 235 Å². The lowest BCUT2D eigenvalue weighted by Gasteiger charge is -2.43. The predicted molar refractivity (Wildman–Crippen MR) is 288 cm³/mol. The van der Waals surface area contributed by atoms with Crippen LogP contribution in [0.25, 0.3) is 0 Å². The number of Topliss-reactive ketones (excluding diaryl/α,β-unsaturated/α-hetero) is 1. The first-order chi connectivity index (χ1) is 36.8. The van der Waals surface area contributed by atoms with E-state index in [4.69, 9.17) is 56.9 Å². The normalized spacial score (nSPS) is 41.2. The molecule has 0 amide bonds. The summed E-state index contributed by atoms with van der Waals surface area (Å²) in [6, 6.07) is 0.0376. The van der Waals surface area contributed by atoms with Crippen LogP contribution in [0.2, 0.25) is 0 Å². The zero-order chi connectivity index (χ0) is 57.7. The molecule has 3 unspecified atom stereocenters. The van der Waals surface area contributed by atoms with Crippen LogP contribution in [0.1, 0.15) is 154 Å². The number of ketones is 1. The van der Waals surface area contributed by atoms with Gasteiger partial charge in [0.05, 0.1) is 66.9 Å². The summed E-state index contributed by atoms with van der Waals surface area (Å²) < 4.78 is 70.3. The minimum atomic E-state index is -1.36. The van der Waals surface area contributed by atoms with Crippen LogP contribution in [-0.2, 0) is 76.1 Å². The summed E-state index contributed by atoms with van der Waals surface area (Å²) in [5.41, 5.74) is 0.314. The van der Waals surface area contributed by atoms with E-state index in [1.807, 2.05) is 55.5 Å². The van der Waals surface area contributed by atoms with Gasteiger partial charge in [-0.25, -0.2) is 0 Å². The van der Waals surface area contributed by atoms with E-state index in [0.717, 1.165) is 19.3 Å². The molecule has 0 aromatic carbocycles. The summed E-state index contributed by atoms with van der Waals surface area (Å²) in [4.78, 5) is 66.4. The number of nitrogens with zero attached hydrogens (tertiary/aromatic N) is 2. The van der Waals surface area contributed by atoms with Crippen LogP contribution in [0, 0.1) is 47.3 Å². The third-order valence-electron chi connectivity index (χ3n) is 16.9. The largest absolute Gasteiger partial charge is 0.461 e. The molecule has 20 heteroatoms. The highest BCUT2D eigenvalue weighted by atomic mass is 16.7. The van der Waals surface area contributed by atoms with Crippen LogP contribution in [0.5, 0.6) is 0 Å². The van der Waals surface area contributed by atoms with Gasteiger partial charge in [0.1, 0.15) is 31.5 Å². The number of oxime groups is 1. The van der Waals surface area contributed by atoms with E-state index in [1.165, 1.54) is 14.2 Å². The second kappa shape index (κ2) is 31.0. The summed E-state index contributed by atoms with van der Waals surface area (Å²) in [6.45, 7) is 25.5. The zero-order valence-corrected chi connectivity index (χ0v) is 49.9. The van der Waals surface area contributed by atoms with Crippen molar-refractivity contribution in [3.05, 3.63) is 0 Å². The monoisotopic (exact) mass is 1110 g/mol. The lowest BCUT2D eigenvalue weighted by molar-refractivity contribution is -0.264. The van der Waals surface area contributed by atoms with Gasteiger partial charge in [-0.05, 0) is 98.4 Å². The van der Waals surface area contributed by atoms with Gasteiger partial charge in [0.2, 0.25) is 0 Å². The molecule has 5 saturated heterocycles. The average Bonchev–Trinajstić information content (AvgIpc) is 3.70. The highest BCUT2D eigenvalue weighted by Gasteiger charge is 2.49. The fraction of sp³-hybridized carbons (Fsp3) is 0.914. The minimum Gasteiger partial charge on any atom is -0.461 e. The van der Waals surface area contributed by atoms with E-state index in [9.17, 15) is 19.8 Å². The smallest absolute Gasteiger partial charge is 0.311 e. The molecule has 5 heterocycles. The number of hydrogen-bond donors (Lipinski definition) is 2. The highest BCUT2D eigenvalue weighted by Crippen LogP contribution is 2.38. The van der Waals surface area contributed by atoms with Gasteiger partial charge in [-0.15, -0.1) is 0 Å². The van der Waals surface area contributed by atoms with Gasteiger partial charge in [-0.3, -0.25) is 19.2 Å². The number of carbonyl (C=O) groups is 4. The molecule has 23 atom stereocenters. The van der Waals surface area contributed by atoms with Gasteiger partial charge in [-0.1, -0.05) is 53.6 Å². The molecule has 0 aromatic rings. The minimum absolute atomic E-state index is 0.0126. The van der Waals surface area contributed by atoms with Crippen molar-refractivity contribution in [2.75, 3.05) is 41.0 Å². The Labute approximate surface area is 465 Å². The van der Waals surface area contributed by atoms with E-state index in [1.54, 1.807) is 27.7 Å². The number of hydrogen-bond acceptors (Lipinski definition) is 20. The maximum atomic E-state index is 15.6. The van der Waals surface area contributed by atoms with E-state index < -0.39 is 139 Å². The maximum Gasteiger partial charge on any atom is 0.311 e. The third kappa shape index (κ3) is 18.6. The van der Waals surface area contributed by atoms with Crippen molar-refractivity contribution < 1.29 is 86.3 Å². The Morgan fingerprint density at radius 2 is 1.49 bits per heavy atom. The molecule has 0 bridgehead atoms. The van der Waals surface area contributed by atoms with Crippen LogP contribution in [-0.4, -0.2) is 184 Å². The fourth-order valence-corrected chi connectivity index (χ4v) is 12.0. The number of esters is 3. The Hall–Kier alpha value is -2.89. The van der Waals surface area contributed by atoms with Crippen molar-refractivity contribution in [1.29, 1.82) is 0 Å². The third-order valence-corrected chi connectivity index (χ3v) is 16.9. The first-order valence-corrected chi connectivity index (χ1v) is 29.1. The van der Waals surface area contributed by atoms with Crippen LogP contribution in [0.4, 0.5) is 0 Å². The number of ether oxygens (including phenoxy) is 11. The molecule has 0 saturated carbocycles. The second-order valence-electron chi connectivity index (χ2n) is 24.2. The number of aliphatic hydroxyl groups is 2. The molecule has 0 radical (unpaired) electrons. The molecule has 20 nitrogen and oxygen atoms in total. The Morgan fingerprint density at radius 1 is 0.769 bits per heavy atom. The number of rotatable bonds is 17. The van der Waals surface area contributed by atoms with Crippen molar-refractivity contribution in [2.24, 2.45) is 52.5 Å². The molecule has 5 aliphatic rings. The number of aliphatic hydroxyl groups excluding tert-OH is 2. The predicted octanol–water partition coefficient (Wildman–Crippen LogP) is 6.79. The standard InChI is InChI=1S/C58H100N2O18/c1-30(2)23-47(62)75-55-37(9)50(63)45(74-46(61)20-19-42-18-17-34(6)69-22-21-42)24-31(3)53(78-58-52(65)43(59-68-16)26-35(7)72-58)38(10)56(76-49-25-33(5)60(14)28-36(8)71-49)40(12)57(66)77-54(39(55)11)32(4)29-70-48-27-44(67-15)51(64)41(13)73-48/h30-42,44-45,48-49,51-56,58,64-65H,17-29H2,1-16H3/b59-43+/t31-,32?,33+,34+,35+,36-,37-,38+,39-,40?,41+,42?,44-,45-,48+,49-,51+,52+,53-,54+,55-,56-,58-/m0/s1. The number of cyclic esters (lactones) is 1. The molecule has 78 heavy (non-hydrogen) atoms. The summed E-state index contributed by atoms with van der Waals surface area (Å²) in [5.74, 6) is -7.03. The van der Waals surface area contributed by atoms with Crippen molar-refractivity contribution in [2.45, 2.75) is 252 Å². The van der Waals surface area contributed by atoms with Crippen LogP contribution < -0.4 is 0 Å². The van der Waals surface area contributed by atoms with Gasteiger partial charge in [0, 0.05) is 76.2 Å². The molecule has 0 spiro atoms. The molecule has 0 aromatic heterocycles. The summed E-state index contributed by atoms with van der Waals surface area (Å²) in [6.07, 6.45) is -8.18. The molecular formula is C58H100N2O18. The van der Waals surface area contributed by atoms with E-state index in [-0.39, 0.29) is 68.8 Å².